The fourth-order valence-corrected chi connectivity index (χ4v) is 2.05. The topological polar surface area (TPSA) is 68.0 Å². The van der Waals surface area contributed by atoms with Gasteiger partial charge in [-0.15, -0.1) is 0 Å². The highest BCUT2D eigenvalue weighted by Crippen LogP contribution is 2.07. The molecule has 1 heterocycles. The molecular formula is C17H14FN3O2. The molecule has 1 N–H and O–H groups in total. The summed E-state index contributed by atoms with van der Waals surface area (Å²) in [6, 6.07) is 15.5. The fraction of sp³-hybridized carbons (Fsp3) is 0.118. The molecule has 0 saturated carbocycles. The Labute approximate surface area is 132 Å². The van der Waals surface area contributed by atoms with E-state index in [1.54, 1.807) is 12.1 Å². The number of carbonyl (C=O) groups excluding carboxylic acids is 1. The molecule has 0 aliphatic carbocycles. The largest absolute Gasteiger partial charge is 0.345 e. The van der Waals surface area contributed by atoms with Crippen LogP contribution in [0.4, 0.5) is 4.39 Å². The summed E-state index contributed by atoms with van der Waals surface area (Å²) in [5.41, 5.74) is 1.81. The van der Waals surface area contributed by atoms with Crippen molar-refractivity contribution in [3.8, 4) is 0 Å². The summed E-state index contributed by atoms with van der Waals surface area (Å²) in [5.74, 6) is -0.387. The van der Waals surface area contributed by atoms with Gasteiger partial charge in [0, 0.05) is 6.54 Å². The second-order valence-electron chi connectivity index (χ2n) is 4.98. The second kappa shape index (κ2) is 6.83. The maximum absolute atomic E-state index is 12.8. The number of hydrogen-bond acceptors (Lipinski definition) is 4. The Balaban J connectivity index is 1.59. The average molecular weight is 311 g/mol. The monoisotopic (exact) mass is 311 g/mol. The van der Waals surface area contributed by atoms with Crippen molar-refractivity contribution in [1.29, 1.82) is 0 Å². The van der Waals surface area contributed by atoms with Gasteiger partial charge in [0.2, 0.25) is 5.89 Å². The number of nitrogens with zero attached hydrogens (tertiary/aromatic N) is 2. The zero-order valence-corrected chi connectivity index (χ0v) is 12.2. The number of aromatic nitrogens is 2. The van der Waals surface area contributed by atoms with Crippen LogP contribution in [-0.4, -0.2) is 16.0 Å². The van der Waals surface area contributed by atoms with E-state index in [2.05, 4.69) is 15.5 Å². The van der Waals surface area contributed by atoms with Crippen molar-refractivity contribution in [1.82, 2.24) is 15.5 Å². The van der Waals surface area contributed by atoms with Crippen LogP contribution in [0, 0.1) is 5.82 Å². The van der Waals surface area contributed by atoms with Gasteiger partial charge in [-0.05, 0) is 23.3 Å². The molecule has 23 heavy (non-hydrogen) atoms. The quantitative estimate of drug-likeness (QED) is 0.786. The van der Waals surface area contributed by atoms with Crippen LogP contribution < -0.4 is 5.32 Å². The Morgan fingerprint density at radius 3 is 2.52 bits per heavy atom. The van der Waals surface area contributed by atoms with Crippen molar-refractivity contribution in [3.05, 3.63) is 83.3 Å². The molecular weight excluding hydrogens is 297 g/mol. The van der Waals surface area contributed by atoms with Crippen LogP contribution in [0.25, 0.3) is 0 Å². The lowest BCUT2D eigenvalue weighted by molar-refractivity contribution is 0.0937. The van der Waals surface area contributed by atoms with Gasteiger partial charge in [-0.2, -0.15) is 4.98 Å². The lowest BCUT2D eigenvalue weighted by Crippen LogP contribution is -2.24. The summed E-state index contributed by atoms with van der Waals surface area (Å²) >= 11 is 0. The lowest BCUT2D eigenvalue weighted by atomic mass is 10.1. The molecule has 2 aromatic carbocycles. The third kappa shape index (κ3) is 4.00. The molecule has 116 valence electrons. The van der Waals surface area contributed by atoms with Crippen LogP contribution in [-0.2, 0) is 13.0 Å². The van der Waals surface area contributed by atoms with Gasteiger partial charge in [0.15, 0.2) is 0 Å². The van der Waals surface area contributed by atoms with Gasteiger partial charge in [-0.3, -0.25) is 4.79 Å². The SMILES string of the molecule is O=C(NCc1ccc(F)cc1)c1noc(Cc2ccccc2)n1. The molecule has 0 unspecified atom stereocenters. The van der Waals surface area contributed by atoms with E-state index < -0.39 is 5.91 Å². The van der Waals surface area contributed by atoms with E-state index in [-0.39, 0.29) is 18.2 Å². The van der Waals surface area contributed by atoms with E-state index in [9.17, 15) is 9.18 Å². The minimum atomic E-state index is -0.433. The molecule has 0 aliphatic rings. The van der Waals surface area contributed by atoms with Gasteiger partial charge >= 0.3 is 0 Å². The Morgan fingerprint density at radius 2 is 1.78 bits per heavy atom. The summed E-state index contributed by atoms with van der Waals surface area (Å²) < 4.78 is 17.9. The van der Waals surface area contributed by atoms with E-state index in [4.69, 9.17) is 4.52 Å². The highest BCUT2D eigenvalue weighted by molar-refractivity contribution is 5.90. The third-order valence-electron chi connectivity index (χ3n) is 3.24. The number of amides is 1. The summed E-state index contributed by atoms with van der Waals surface area (Å²) in [5, 5.41) is 6.35. The number of rotatable bonds is 5. The summed E-state index contributed by atoms with van der Waals surface area (Å²) in [6.07, 6.45) is 0.471. The Bertz CT molecular complexity index is 785. The first-order valence-corrected chi connectivity index (χ1v) is 7.10. The molecule has 0 spiro atoms. The molecule has 0 atom stereocenters. The van der Waals surface area contributed by atoms with Gasteiger partial charge in [0.1, 0.15) is 5.82 Å². The fourth-order valence-electron chi connectivity index (χ4n) is 2.05. The molecule has 0 saturated heterocycles. The minimum absolute atomic E-state index is 0.0157. The molecule has 6 heteroatoms. The van der Waals surface area contributed by atoms with Gasteiger partial charge in [0.25, 0.3) is 11.7 Å². The van der Waals surface area contributed by atoms with Crippen molar-refractivity contribution in [2.45, 2.75) is 13.0 Å². The number of nitrogens with one attached hydrogen (secondary N) is 1. The maximum atomic E-state index is 12.8. The predicted octanol–water partition coefficient (Wildman–Crippen LogP) is 2.73. The Kier molecular flexibility index (Phi) is 4.42. The number of hydrogen-bond donors (Lipinski definition) is 1. The molecule has 1 amide bonds. The highest BCUT2D eigenvalue weighted by atomic mass is 19.1. The number of benzene rings is 2. The Morgan fingerprint density at radius 1 is 1.04 bits per heavy atom. The van der Waals surface area contributed by atoms with E-state index in [1.807, 2.05) is 30.3 Å². The molecule has 0 radical (unpaired) electrons. The number of halogens is 1. The second-order valence-corrected chi connectivity index (χ2v) is 4.98. The van der Waals surface area contributed by atoms with Crippen LogP contribution in [0.1, 0.15) is 27.6 Å². The molecule has 1 aromatic heterocycles. The van der Waals surface area contributed by atoms with Crippen molar-refractivity contribution in [2.75, 3.05) is 0 Å². The van der Waals surface area contributed by atoms with E-state index in [1.165, 1.54) is 12.1 Å². The zero-order chi connectivity index (χ0) is 16.1. The van der Waals surface area contributed by atoms with Gasteiger partial charge in [-0.25, -0.2) is 4.39 Å². The molecule has 3 aromatic rings. The van der Waals surface area contributed by atoms with Gasteiger partial charge < -0.3 is 9.84 Å². The van der Waals surface area contributed by atoms with Crippen LogP contribution in [0.3, 0.4) is 0 Å². The van der Waals surface area contributed by atoms with Crippen LogP contribution in [0.2, 0.25) is 0 Å². The minimum Gasteiger partial charge on any atom is -0.345 e. The van der Waals surface area contributed by atoms with E-state index in [0.717, 1.165) is 11.1 Å². The first kappa shape index (κ1) is 14.9. The smallest absolute Gasteiger partial charge is 0.292 e. The summed E-state index contributed by atoms with van der Waals surface area (Å²) in [7, 11) is 0. The standard InChI is InChI=1S/C17H14FN3O2/c18-14-8-6-13(7-9-14)11-19-17(22)16-20-15(23-21-16)10-12-4-2-1-3-5-12/h1-9H,10-11H2,(H,19,22). The zero-order valence-electron chi connectivity index (χ0n) is 12.2. The third-order valence-corrected chi connectivity index (χ3v) is 3.24. The lowest BCUT2D eigenvalue weighted by Gasteiger charge is -2.02. The van der Waals surface area contributed by atoms with E-state index >= 15 is 0 Å². The van der Waals surface area contributed by atoms with Gasteiger partial charge in [-0.1, -0.05) is 47.6 Å². The molecule has 3 rings (SSSR count). The first-order chi connectivity index (χ1) is 11.2. The predicted molar refractivity (Wildman–Crippen MR) is 81.1 cm³/mol. The normalized spacial score (nSPS) is 10.5. The Hall–Kier alpha value is -3.02. The highest BCUT2D eigenvalue weighted by Gasteiger charge is 2.14. The molecule has 0 fully saturated rings. The van der Waals surface area contributed by atoms with Crippen molar-refractivity contribution < 1.29 is 13.7 Å². The van der Waals surface area contributed by atoms with E-state index in [0.29, 0.717) is 12.3 Å². The number of carbonyl (C=O) groups is 1. The average Bonchev–Trinajstić information content (AvgIpc) is 3.03. The van der Waals surface area contributed by atoms with Crippen molar-refractivity contribution in [3.63, 3.8) is 0 Å². The van der Waals surface area contributed by atoms with Crippen LogP contribution in [0.5, 0.6) is 0 Å². The van der Waals surface area contributed by atoms with Crippen molar-refractivity contribution >= 4 is 5.91 Å². The molecule has 0 aliphatic heterocycles. The van der Waals surface area contributed by atoms with Gasteiger partial charge in [0.05, 0.1) is 6.42 Å². The molecule has 0 bridgehead atoms. The van der Waals surface area contributed by atoms with Crippen LogP contribution in [0.15, 0.2) is 59.1 Å². The molecule has 5 nitrogen and oxygen atoms in total. The first-order valence-electron chi connectivity index (χ1n) is 7.10. The van der Waals surface area contributed by atoms with Crippen molar-refractivity contribution in [2.24, 2.45) is 0 Å². The maximum Gasteiger partial charge on any atom is 0.292 e. The summed E-state index contributed by atoms with van der Waals surface area (Å²) in [6.45, 7) is 0.266. The van der Waals surface area contributed by atoms with Crippen LogP contribution >= 0.6 is 0 Å². The summed E-state index contributed by atoms with van der Waals surface area (Å²) in [4.78, 5) is 16.1.